The summed E-state index contributed by atoms with van der Waals surface area (Å²) in [5.74, 6) is -0.180. The molecule has 1 N–H and O–H groups in total. The molecule has 1 atom stereocenters. The van der Waals surface area contributed by atoms with Crippen molar-refractivity contribution in [1.82, 2.24) is 15.1 Å². The fourth-order valence-corrected chi connectivity index (χ4v) is 2.80. The molecule has 1 amide bonds. The first kappa shape index (κ1) is 18.5. The van der Waals surface area contributed by atoms with Gasteiger partial charge in [0.25, 0.3) is 5.91 Å². The van der Waals surface area contributed by atoms with E-state index in [4.69, 9.17) is 23.2 Å². The Morgan fingerprint density at radius 3 is 2.50 bits per heavy atom. The van der Waals surface area contributed by atoms with E-state index in [-0.39, 0.29) is 11.9 Å². The highest BCUT2D eigenvalue weighted by Gasteiger charge is 2.19. The van der Waals surface area contributed by atoms with E-state index < -0.39 is 0 Å². The molecule has 0 aliphatic rings. The minimum atomic E-state index is -0.180. The van der Waals surface area contributed by atoms with Crippen LogP contribution in [-0.4, -0.2) is 21.7 Å². The van der Waals surface area contributed by atoms with Crippen LogP contribution in [0.3, 0.4) is 0 Å². The van der Waals surface area contributed by atoms with Crippen molar-refractivity contribution in [2.24, 2.45) is 0 Å². The number of carbonyl (C=O) groups is 1. The van der Waals surface area contributed by atoms with Crippen molar-refractivity contribution in [3.63, 3.8) is 0 Å². The van der Waals surface area contributed by atoms with E-state index in [1.807, 2.05) is 44.2 Å². The van der Waals surface area contributed by atoms with Crippen LogP contribution in [0, 0.1) is 0 Å². The zero-order chi connectivity index (χ0) is 18.7. The summed E-state index contributed by atoms with van der Waals surface area (Å²) in [4.78, 5) is 12.8. The summed E-state index contributed by atoms with van der Waals surface area (Å²) in [7, 11) is 0. The molecule has 3 aromatic rings. The minimum absolute atomic E-state index is 0.0693. The Bertz CT molecular complexity index is 922. The summed E-state index contributed by atoms with van der Waals surface area (Å²) in [6.07, 6.45) is 0.845. The average Bonchev–Trinajstić information content (AvgIpc) is 3.10. The third-order valence-electron chi connectivity index (χ3n) is 4.15. The van der Waals surface area contributed by atoms with Gasteiger partial charge in [-0.1, -0.05) is 60.5 Å². The van der Waals surface area contributed by atoms with Gasteiger partial charge in [0.05, 0.1) is 21.4 Å². The molecular formula is C20H19Cl2N3O. The van der Waals surface area contributed by atoms with Gasteiger partial charge in [-0.25, -0.2) is 4.68 Å². The van der Waals surface area contributed by atoms with Crippen LogP contribution in [0.2, 0.25) is 10.0 Å². The second-order valence-electron chi connectivity index (χ2n) is 6.07. The highest BCUT2D eigenvalue weighted by Crippen LogP contribution is 2.27. The summed E-state index contributed by atoms with van der Waals surface area (Å²) >= 11 is 12.2. The van der Waals surface area contributed by atoms with Crippen molar-refractivity contribution in [2.45, 2.75) is 26.3 Å². The molecule has 2 aromatic carbocycles. The standard InChI is InChI=1S/C20H19Cl2N3O/c1-3-13(2)23-20(26)19-12-18(14-7-5-4-6-8-14)24-25(19)15-9-10-16(21)17(22)11-15/h4-13H,3H2,1-2H3,(H,23,26)/t13-/m0/s1. The number of amides is 1. The Labute approximate surface area is 162 Å². The lowest BCUT2D eigenvalue weighted by Crippen LogP contribution is -2.33. The summed E-state index contributed by atoms with van der Waals surface area (Å²) in [5.41, 5.74) is 2.77. The molecule has 0 aliphatic carbocycles. The third-order valence-corrected chi connectivity index (χ3v) is 4.89. The van der Waals surface area contributed by atoms with E-state index in [0.29, 0.717) is 27.1 Å². The molecule has 0 saturated heterocycles. The summed E-state index contributed by atoms with van der Waals surface area (Å²) in [6, 6.07) is 16.8. The monoisotopic (exact) mass is 387 g/mol. The minimum Gasteiger partial charge on any atom is -0.348 e. The summed E-state index contributed by atoms with van der Waals surface area (Å²) < 4.78 is 1.60. The lowest BCUT2D eigenvalue weighted by Gasteiger charge is -2.12. The van der Waals surface area contributed by atoms with Gasteiger partial charge in [-0.2, -0.15) is 5.10 Å². The van der Waals surface area contributed by atoms with Crippen LogP contribution in [0.5, 0.6) is 0 Å². The second kappa shape index (κ2) is 7.94. The molecular weight excluding hydrogens is 369 g/mol. The predicted molar refractivity (Wildman–Crippen MR) is 106 cm³/mol. The molecule has 4 nitrogen and oxygen atoms in total. The lowest BCUT2D eigenvalue weighted by molar-refractivity contribution is 0.0931. The van der Waals surface area contributed by atoms with Crippen LogP contribution in [0.4, 0.5) is 0 Å². The van der Waals surface area contributed by atoms with Crippen LogP contribution in [0.1, 0.15) is 30.8 Å². The maximum absolute atomic E-state index is 12.8. The Morgan fingerprint density at radius 1 is 1.12 bits per heavy atom. The average molecular weight is 388 g/mol. The molecule has 6 heteroatoms. The first-order chi connectivity index (χ1) is 12.5. The normalized spacial score (nSPS) is 12.0. The molecule has 0 saturated carbocycles. The molecule has 0 aliphatic heterocycles. The van der Waals surface area contributed by atoms with E-state index in [2.05, 4.69) is 10.4 Å². The molecule has 0 spiro atoms. The number of nitrogens with one attached hydrogen (secondary N) is 1. The number of halogens is 2. The number of carbonyl (C=O) groups excluding carboxylic acids is 1. The van der Waals surface area contributed by atoms with E-state index >= 15 is 0 Å². The third kappa shape index (κ3) is 3.92. The smallest absolute Gasteiger partial charge is 0.270 e. The van der Waals surface area contributed by atoms with Crippen LogP contribution >= 0.6 is 23.2 Å². The highest BCUT2D eigenvalue weighted by atomic mass is 35.5. The first-order valence-electron chi connectivity index (χ1n) is 8.41. The largest absolute Gasteiger partial charge is 0.348 e. The number of aromatic nitrogens is 2. The van der Waals surface area contributed by atoms with E-state index in [1.165, 1.54) is 0 Å². The van der Waals surface area contributed by atoms with Gasteiger partial charge in [-0.05, 0) is 37.6 Å². The van der Waals surface area contributed by atoms with E-state index in [9.17, 15) is 4.79 Å². The van der Waals surface area contributed by atoms with Gasteiger partial charge in [-0.15, -0.1) is 0 Å². The Kier molecular flexibility index (Phi) is 5.64. The molecule has 134 valence electrons. The zero-order valence-electron chi connectivity index (χ0n) is 14.5. The fraction of sp³-hybridized carbons (Fsp3) is 0.200. The Hall–Kier alpha value is -2.30. The van der Waals surface area contributed by atoms with Gasteiger partial charge in [0, 0.05) is 11.6 Å². The molecule has 0 bridgehead atoms. The topological polar surface area (TPSA) is 46.9 Å². The van der Waals surface area contributed by atoms with Crippen molar-refractivity contribution in [3.8, 4) is 16.9 Å². The zero-order valence-corrected chi connectivity index (χ0v) is 16.1. The van der Waals surface area contributed by atoms with Gasteiger partial charge in [0.15, 0.2) is 0 Å². The highest BCUT2D eigenvalue weighted by molar-refractivity contribution is 6.42. The summed E-state index contributed by atoms with van der Waals surface area (Å²) in [5, 5.41) is 8.48. The first-order valence-corrected chi connectivity index (χ1v) is 9.17. The molecule has 0 radical (unpaired) electrons. The van der Waals surface area contributed by atoms with Gasteiger partial charge >= 0.3 is 0 Å². The van der Waals surface area contributed by atoms with Crippen LogP contribution in [0.25, 0.3) is 16.9 Å². The predicted octanol–water partition coefficient (Wildman–Crippen LogP) is 5.37. The lowest BCUT2D eigenvalue weighted by atomic mass is 10.1. The van der Waals surface area contributed by atoms with Gasteiger partial charge in [0.1, 0.15) is 5.69 Å². The van der Waals surface area contributed by atoms with Gasteiger partial charge in [-0.3, -0.25) is 4.79 Å². The number of hydrogen-bond acceptors (Lipinski definition) is 2. The maximum atomic E-state index is 12.8. The quantitative estimate of drug-likeness (QED) is 0.638. The number of nitrogens with zero attached hydrogens (tertiary/aromatic N) is 2. The number of hydrogen-bond donors (Lipinski definition) is 1. The molecule has 26 heavy (non-hydrogen) atoms. The molecule has 1 aromatic heterocycles. The van der Waals surface area contributed by atoms with Crippen molar-refractivity contribution in [1.29, 1.82) is 0 Å². The Balaban J connectivity index is 2.09. The molecule has 0 fully saturated rings. The van der Waals surface area contributed by atoms with Crippen molar-refractivity contribution < 1.29 is 4.79 Å². The van der Waals surface area contributed by atoms with Crippen molar-refractivity contribution in [2.75, 3.05) is 0 Å². The van der Waals surface area contributed by atoms with Crippen molar-refractivity contribution in [3.05, 3.63) is 70.3 Å². The fourth-order valence-electron chi connectivity index (χ4n) is 2.51. The molecule has 1 heterocycles. The number of benzene rings is 2. The molecule has 3 rings (SSSR count). The van der Waals surface area contributed by atoms with E-state index in [0.717, 1.165) is 12.0 Å². The SMILES string of the molecule is CC[C@H](C)NC(=O)c1cc(-c2ccccc2)nn1-c1ccc(Cl)c(Cl)c1. The van der Waals surface area contributed by atoms with E-state index in [1.54, 1.807) is 28.9 Å². The maximum Gasteiger partial charge on any atom is 0.270 e. The second-order valence-corrected chi connectivity index (χ2v) is 6.89. The van der Waals surface area contributed by atoms with Gasteiger partial charge in [0.2, 0.25) is 0 Å². The Morgan fingerprint density at radius 2 is 1.85 bits per heavy atom. The number of rotatable bonds is 5. The van der Waals surface area contributed by atoms with Crippen LogP contribution in [-0.2, 0) is 0 Å². The van der Waals surface area contributed by atoms with Crippen molar-refractivity contribution >= 4 is 29.1 Å². The molecule has 0 unspecified atom stereocenters. The van der Waals surface area contributed by atoms with Gasteiger partial charge < -0.3 is 5.32 Å². The summed E-state index contributed by atoms with van der Waals surface area (Å²) in [6.45, 7) is 3.99. The van der Waals surface area contributed by atoms with Crippen LogP contribution < -0.4 is 5.32 Å². The van der Waals surface area contributed by atoms with Crippen LogP contribution in [0.15, 0.2) is 54.6 Å².